The first-order valence-electron chi connectivity index (χ1n) is 3.12. The van der Waals surface area contributed by atoms with E-state index in [1.54, 1.807) is 12.2 Å². The molecule has 0 rings (SSSR count). The quantitative estimate of drug-likeness (QED) is 0.375. The molecule has 0 aliphatic carbocycles. The van der Waals surface area contributed by atoms with Crippen LogP contribution in [0.25, 0.3) is 0 Å². The summed E-state index contributed by atoms with van der Waals surface area (Å²) in [5, 5.41) is 0. The van der Waals surface area contributed by atoms with Crippen LogP contribution < -0.4 is 5.90 Å². The summed E-state index contributed by atoms with van der Waals surface area (Å²) in [4.78, 5) is 14.4. The molecule has 0 bridgehead atoms. The molecular weight excluding hydrogens is 142 g/mol. The van der Waals surface area contributed by atoms with E-state index in [0.717, 1.165) is 5.57 Å². The van der Waals surface area contributed by atoms with E-state index >= 15 is 0 Å². The van der Waals surface area contributed by atoms with Crippen LogP contribution >= 0.6 is 0 Å². The Balaban J connectivity index is 4.11. The van der Waals surface area contributed by atoms with Crippen LogP contribution in [0, 0.1) is 0 Å². The lowest BCUT2D eigenvalue weighted by molar-refractivity contribution is -0.138. The van der Waals surface area contributed by atoms with E-state index in [4.69, 9.17) is 0 Å². The Hall–Kier alpha value is -1.35. The van der Waals surface area contributed by atoms with Crippen molar-refractivity contribution in [2.45, 2.75) is 6.92 Å². The molecule has 2 N–H and O–H groups in total. The molecule has 0 heterocycles. The van der Waals surface area contributed by atoms with E-state index in [0.29, 0.717) is 0 Å². The SMILES string of the molecule is C=CC(/C=C/C(=O)ON)=C\C. The molecule has 0 fully saturated rings. The molecule has 0 aromatic rings. The zero-order chi connectivity index (χ0) is 8.69. The Labute approximate surface area is 65.8 Å². The Morgan fingerprint density at radius 2 is 2.18 bits per heavy atom. The minimum absolute atomic E-state index is 0.578. The number of rotatable bonds is 3. The first-order chi connectivity index (χ1) is 5.24. The van der Waals surface area contributed by atoms with Gasteiger partial charge in [0, 0.05) is 6.08 Å². The highest BCUT2D eigenvalue weighted by Gasteiger charge is 1.90. The maximum atomic E-state index is 10.5. The number of carbonyl (C=O) groups is 1. The van der Waals surface area contributed by atoms with Crippen molar-refractivity contribution in [1.29, 1.82) is 0 Å². The normalized spacial score (nSPS) is 11.6. The van der Waals surface area contributed by atoms with Crippen molar-refractivity contribution in [2.24, 2.45) is 5.90 Å². The summed E-state index contributed by atoms with van der Waals surface area (Å²) in [6.07, 6.45) is 6.24. The molecule has 0 saturated heterocycles. The number of hydrogen-bond acceptors (Lipinski definition) is 3. The van der Waals surface area contributed by atoms with Crippen LogP contribution in [-0.2, 0) is 9.63 Å². The average Bonchev–Trinajstić information content (AvgIpc) is 2.06. The molecule has 3 nitrogen and oxygen atoms in total. The number of nitrogens with two attached hydrogens (primary N) is 1. The predicted molar refractivity (Wildman–Crippen MR) is 43.4 cm³/mol. The highest BCUT2D eigenvalue weighted by atomic mass is 16.7. The summed E-state index contributed by atoms with van der Waals surface area (Å²) in [6.45, 7) is 5.38. The highest BCUT2D eigenvalue weighted by Crippen LogP contribution is 1.96. The fourth-order valence-corrected chi connectivity index (χ4v) is 0.486. The molecule has 0 saturated carbocycles. The van der Waals surface area contributed by atoms with E-state index in [1.165, 1.54) is 6.08 Å². The van der Waals surface area contributed by atoms with Gasteiger partial charge in [-0.3, -0.25) is 0 Å². The highest BCUT2D eigenvalue weighted by molar-refractivity contribution is 5.82. The third-order valence-corrected chi connectivity index (χ3v) is 1.10. The summed E-state index contributed by atoms with van der Waals surface area (Å²) < 4.78 is 0. The van der Waals surface area contributed by atoms with Gasteiger partial charge in [-0.25, -0.2) is 4.79 Å². The van der Waals surface area contributed by atoms with E-state index < -0.39 is 5.97 Å². The maximum Gasteiger partial charge on any atom is 0.349 e. The Morgan fingerprint density at radius 1 is 1.55 bits per heavy atom. The van der Waals surface area contributed by atoms with Crippen LogP contribution in [0.5, 0.6) is 0 Å². The van der Waals surface area contributed by atoms with Crippen LogP contribution in [0.3, 0.4) is 0 Å². The minimum Gasteiger partial charge on any atom is -0.370 e. The van der Waals surface area contributed by atoms with Crippen LogP contribution in [0.15, 0.2) is 36.5 Å². The summed E-state index contributed by atoms with van der Waals surface area (Å²) >= 11 is 0. The topological polar surface area (TPSA) is 52.3 Å². The second-order valence-electron chi connectivity index (χ2n) is 1.76. The van der Waals surface area contributed by atoms with Crippen molar-refractivity contribution >= 4 is 5.97 Å². The summed E-state index contributed by atoms with van der Waals surface area (Å²) in [7, 11) is 0. The van der Waals surface area contributed by atoms with E-state index in [9.17, 15) is 4.79 Å². The number of carbonyl (C=O) groups excluding carboxylic acids is 1. The molecule has 0 atom stereocenters. The molecule has 3 heteroatoms. The monoisotopic (exact) mass is 153 g/mol. The maximum absolute atomic E-state index is 10.5. The van der Waals surface area contributed by atoms with Crippen molar-refractivity contribution in [3.05, 3.63) is 36.5 Å². The zero-order valence-electron chi connectivity index (χ0n) is 6.41. The lowest BCUT2D eigenvalue weighted by atomic mass is 10.2. The minimum atomic E-state index is -0.578. The third-order valence-electron chi connectivity index (χ3n) is 1.10. The Kier molecular flexibility index (Phi) is 4.77. The summed E-state index contributed by atoms with van der Waals surface area (Å²) in [5.74, 6) is 4.02. The van der Waals surface area contributed by atoms with E-state index in [-0.39, 0.29) is 0 Å². The van der Waals surface area contributed by atoms with Gasteiger partial charge < -0.3 is 4.84 Å². The standard InChI is InChI=1S/C8H11NO2/c1-3-7(4-2)5-6-8(10)11-9/h3-6H,1,9H2,2H3/b6-5+,7-4+. The van der Waals surface area contributed by atoms with Crippen LogP contribution in [0.1, 0.15) is 6.92 Å². The average molecular weight is 153 g/mol. The molecule has 0 radical (unpaired) electrons. The first-order valence-corrected chi connectivity index (χ1v) is 3.12. The molecule has 0 aliphatic heterocycles. The van der Waals surface area contributed by atoms with E-state index in [2.05, 4.69) is 17.3 Å². The number of allylic oxidation sites excluding steroid dienone is 4. The molecule has 0 amide bonds. The number of hydrogen-bond donors (Lipinski definition) is 1. The van der Waals surface area contributed by atoms with Crippen LogP contribution in [0.2, 0.25) is 0 Å². The molecule has 0 spiro atoms. The largest absolute Gasteiger partial charge is 0.370 e. The van der Waals surface area contributed by atoms with Gasteiger partial charge in [-0.15, -0.1) is 0 Å². The molecule has 11 heavy (non-hydrogen) atoms. The molecule has 0 unspecified atom stereocenters. The second kappa shape index (κ2) is 5.44. The summed E-state index contributed by atoms with van der Waals surface area (Å²) in [6, 6.07) is 0. The van der Waals surface area contributed by atoms with Gasteiger partial charge in [0.2, 0.25) is 0 Å². The lowest BCUT2D eigenvalue weighted by Crippen LogP contribution is -2.05. The molecular formula is C8H11NO2. The first kappa shape index (κ1) is 9.65. The van der Waals surface area contributed by atoms with Crippen molar-refractivity contribution in [3.63, 3.8) is 0 Å². The molecule has 0 aromatic heterocycles. The lowest BCUT2D eigenvalue weighted by Gasteiger charge is -1.89. The smallest absolute Gasteiger partial charge is 0.349 e. The molecule has 0 aliphatic rings. The van der Waals surface area contributed by atoms with Gasteiger partial charge in [0.25, 0.3) is 0 Å². The second-order valence-corrected chi connectivity index (χ2v) is 1.76. The van der Waals surface area contributed by atoms with Gasteiger partial charge in [-0.05, 0) is 18.6 Å². The van der Waals surface area contributed by atoms with E-state index in [1.807, 2.05) is 13.0 Å². The van der Waals surface area contributed by atoms with Crippen LogP contribution in [0.4, 0.5) is 0 Å². The molecule has 0 aromatic carbocycles. The Morgan fingerprint density at radius 3 is 2.55 bits per heavy atom. The van der Waals surface area contributed by atoms with Crippen molar-refractivity contribution in [3.8, 4) is 0 Å². The molecule has 60 valence electrons. The van der Waals surface area contributed by atoms with Crippen molar-refractivity contribution in [1.82, 2.24) is 0 Å². The van der Waals surface area contributed by atoms with Crippen molar-refractivity contribution < 1.29 is 9.63 Å². The van der Waals surface area contributed by atoms with Gasteiger partial charge in [-0.2, -0.15) is 5.90 Å². The summed E-state index contributed by atoms with van der Waals surface area (Å²) in [5.41, 5.74) is 0.843. The van der Waals surface area contributed by atoms with Gasteiger partial charge >= 0.3 is 5.97 Å². The Bertz CT molecular complexity index is 204. The zero-order valence-corrected chi connectivity index (χ0v) is 6.41. The van der Waals surface area contributed by atoms with Gasteiger partial charge in [0.15, 0.2) is 0 Å². The predicted octanol–water partition coefficient (Wildman–Crippen LogP) is 1.09. The third kappa shape index (κ3) is 4.11. The fourth-order valence-electron chi connectivity index (χ4n) is 0.486. The van der Waals surface area contributed by atoms with Gasteiger partial charge in [0.05, 0.1) is 0 Å². The van der Waals surface area contributed by atoms with Gasteiger partial charge in [0.1, 0.15) is 0 Å². The van der Waals surface area contributed by atoms with Crippen LogP contribution in [-0.4, -0.2) is 5.97 Å². The van der Waals surface area contributed by atoms with Crippen molar-refractivity contribution in [2.75, 3.05) is 0 Å². The fraction of sp³-hybridized carbons (Fsp3) is 0.125. The van der Waals surface area contributed by atoms with Gasteiger partial charge in [-0.1, -0.05) is 18.7 Å².